The van der Waals surface area contributed by atoms with Crippen molar-refractivity contribution in [2.75, 3.05) is 16.2 Å². The van der Waals surface area contributed by atoms with Crippen LogP contribution in [-0.4, -0.2) is 27.0 Å². The smallest absolute Gasteiger partial charge is 0.267 e. The number of rotatable bonds is 4. The molecule has 0 radical (unpaired) electrons. The second-order valence-electron chi connectivity index (χ2n) is 6.53. The zero-order valence-corrected chi connectivity index (χ0v) is 18.6. The van der Waals surface area contributed by atoms with Crippen LogP contribution >= 0.6 is 27.5 Å². The zero-order valence-electron chi connectivity index (χ0n) is 15.5. The number of hydrogen-bond donors (Lipinski definition) is 1. The summed E-state index contributed by atoms with van der Waals surface area (Å²) in [6.07, 6.45) is -1.03. The molecule has 0 unspecified atom stereocenters. The van der Waals surface area contributed by atoms with E-state index < -0.39 is 22.0 Å². The molecular weight excluding hydrogens is 492 g/mol. The van der Waals surface area contributed by atoms with E-state index in [-0.39, 0.29) is 11.4 Å². The first-order chi connectivity index (χ1) is 14.4. The fourth-order valence-electron chi connectivity index (χ4n) is 3.08. The third kappa shape index (κ3) is 4.03. The molecule has 0 saturated heterocycles. The van der Waals surface area contributed by atoms with Crippen LogP contribution < -0.4 is 14.4 Å². The van der Waals surface area contributed by atoms with Crippen LogP contribution in [0.4, 0.5) is 11.4 Å². The van der Waals surface area contributed by atoms with Gasteiger partial charge in [-0.05, 0) is 64.5 Å². The molecule has 6 nitrogen and oxygen atoms in total. The molecule has 154 valence electrons. The largest absolute Gasteiger partial charge is 0.476 e. The fraction of sp³-hybridized carbons (Fsp3) is 0.0952. The predicted octanol–water partition coefficient (Wildman–Crippen LogP) is 4.70. The van der Waals surface area contributed by atoms with Crippen molar-refractivity contribution in [1.82, 2.24) is 0 Å². The first-order valence-electron chi connectivity index (χ1n) is 8.95. The van der Waals surface area contributed by atoms with Crippen molar-refractivity contribution in [2.24, 2.45) is 0 Å². The minimum atomic E-state index is -3.93. The first-order valence-corrected chi connectivity index (χ1v) is 11.6. The molecule has 30 heavy (non-hydrogen) atoms. The Bertz CT molecular complexity index is 1200. The molecule has 0 fully saturated rings. The molecule has 0 spiro atoms. The van der Waals surface area contributed by atoms with Gasteiger partial charge in [0.1, 0.15) is 5.75 Å². The van der Waals surface area contributed by atoms with Crippen LogP contribution in [0.25, 0.3) is 0 Å². The van der Waals surface area contributed by atoms with Crippen LogP contribution in [0, 0.1) is 0 Å². The van der Waals surface area contributed by atoms with Gasteiger partial charge in [-0.15, -0.1) is 0 Å². The molecule has 0 bridgehead atoms. The Morgan fingerprint density at radius 2 is 1.70 bits per heavy atom. The van der Waals surface area contributed by atoms with E-state index >= 15 is 0 Å². The van der Waals surface area contributed by atoms with Crippen LogP contribution in [0.2, 0.25) is 5.02 Å². The van der Waals surface area contributed by atoms with E-state index in [1.807, 2.05) is 6.07 Å². The van der Waals surface area contributed by atoms with E-state index in [4.69, 9.17) is 16.3 Å². The number of benzene rings is 3. The molecule has 1 aliphatic rings. The molecule has 0 aliphatic carbocycles. The predicted molar refractivity (Wildman–Crippen MR) is 120 cm³/mol. The lowest BCUT2D eigenvalue weighted by Gasteiger charge is -2.34. The normalized spacial score (nSPS) is 15.8. The molecular formula is C21H16BrClN2O4S. The highest BCUT2D eigenvalue weighted by molar-refractivity contribution is 9.10. The molecule has 4 rings (SSSR count). The van der Waals surface area contributed by atoms with Crippen molar-refractivity contribution < 1.29 is 17.9 Å². The number of para-hydroxylation sites is 3. The van der Waals surface area contributed by atoms with Gasteiger partial charge < -0.3 is 10.1 Å². The van der Waals surface area contributed by atoms with Crippen molar-refractivity contribution >= 4 is 54.8 Å². The Hall–Kier alpha value is -2.55. The number of carbonyl (C=O) groups is 1. The Morgan fingerprint density at radius 1 is 1.03 bits per heavy atom. The van der Waals surface area contributed by atoms with E-state index in [9.17, 15) is 13.2 Å². The average molecular weight is 508 g/mol. The lowest BCUT2D eigenvalue weighted by Crippen LogP contribution is -2.48. The summed E-state index contributed by atoms with van der Waals surface area (Å²) >= 11 is 9.28. The third-order valence-electron chi connectivity index (χ3n) is 4.56. The summed E-state index contributed by atoms with van der Waals surface area (Å²) in [6, 6.07) is 19.8. The summed E-state index contributed by atoms with van der Waals surface area (Å²) in [5, 5.41) is 3.21. The summed E-state index contributed by atoms with van der Waals surface area (Å²) in [4.78, 5) is 13.0. The standard InChI is InChI=1S/C21H16BrClN2O4S/c22-16-5-1-2-6-17(16)24-21(26)20-13-25(18-7-3-4-8-19(18)29-20)30(27,28)15-11-9-14(23)10-12-15/h1-12,20H,13H2,(H,24,26)/t20-/m0/s1. The van der Waals surface area contributed by atoms with E-state index in [1.54, 1.807) is 42.5 Å². The number of nitrogens with zero attached hydrogens (tertiary/aromatic N) is 1. The average Bonchev–Trinajstić information content (AvgIpc) is 2.74. The molecule has 1 heterocycles. The fourth-order valence-corrected chi connectivity index (χ4v) is 5.06. The number of hydrogen-bond acceptors (Lipinski definition) is 4. The number of anilines is 2. The minimum Gasteiger partial charge on any atom is -0.476 e. The quantitative estimate of drug-likeness (QED) is 0.555. The van der Waals surface area contributed by atoms with Gasteiger partial charge >= 0.3 is 0 Å². The Labute approximate surface area is 187 Å². The molecule has 9 heteroatoms. The van der Waals surface area contributed by atoms with Crippen LogP contribution in [0.1, 0.15) is 0 Å². The number of halogens is 2. The van der Waals surface area contributed by atoms with Gasteiger partial charge in [-0.2, -0.15) is 0 Å². The van der Waals surface area contributed by atoms with Crippen molar-refractivity contribution in [1.29, 1.82) is 0 Å². The van der Waals surface area contributed by atoms with Crippen LogP contribution in [0.15, 0.2) is 82.2 Å². The number of ether oxygens (including phenoxy) is 1. The molecule has 3 aromatic carbocycles. The van der Waals surface area contributed by atoms with Gasteiger partial charge in [0.2, 0.25) is 0 Å². The molecule has 1 aliphatic heterocycles. The monoisotopic (exact) mass is 506 g/mol. The molecule has 1 N–H and O–H groups in total. The summed E-state index contributed by atoms with van der Waals surface area (Å²) in [5.74, 6) is -0.138. The maximum atomic E-state index is 13.3. The molecule has 1 atom stereocenters. The van der Waals surface area contributed by atoms with E-state index in [0.29, 0.717) is 26.6 Å². The topological polar surface area (TPSA) is 75.7 Å². The van der Waals surface area contributed by atoms with Gasteiger partial charge in [-0.1, -0.05) is 35.9 Å². The second-order valence-corrected chi connectivity index (χ2v) is 9.69. The second kappa shape index (κ2) is 8.29. The highest BCUT2D eigenvalue weighted by atomic mass is 79.9. The van der Waals surface area contributed by atoms with Crippen molar-refractivity contribution in [3.8, 4) is 5.75 Å². The number of carbonyl (C=O) groups excluding carboxylic acids is 1. The van der Waals surface area contributed by atoms with Gasteiger partial charge in [0.25, 0.3) is 15.9 Å². The first kappa shape index (κ1) is 20.7. The number of amides is 1. The lowest BCUT2D eigenvalue weighted by atomic mass is 10.2. The SMILES string of the molecule is O=C(Nc1ccccc1Br)[C@@H]1CN(S(=O)(=O)c2ccc(Cl)cc2)c2ccccc2O1. The molecule has 0 aromatic heterocycles. The van der Waals surface area contributed by atoms with Gasteiger partial charge in [0.15, 0.2) is 6.10 Å². The number of sulfonamides is 1. The lowest BCUT2D eigenvalue weighted by molar-refractivity contribution is -0.122. The molecule has 3 aromatic rings. The van der Waals surface area contributed by atoms with Crippen molar-refractivity contribution in [3.05, 3.63) is 82.3 Å². The maximum Gasteiger partial charge on any atom is 0.267 e. The van der Waals surface area contributed by atoms with Crippen LogP contribution in [-0.2, 0) is 14.8 Å². The van der Waals surface area contributed by atoms with E-state index in [2.05, 4.69) is 21.2 Å². The summed E-state index contributed by atoms with van der Waals surface area (Å²) < 4.78 is 34.4. The maximum absolute atomic E-state index is 13.3. The van der Waals surface area contributed by atoms with Gasteiger partial charge in [-0.25, -0.2) is 8.42 Å². The zero-order chi connectivity index (χ0) is 21.3. The molecule has 1 amide bonds. The number of fused-ring (bicyclic) bond motifs is 1. The Morgan fingerprint density at radius 3 is 2.43 bits per heavy atom. The van der Waals surface area contributed by atoms with Gasteiger partial charge in [-0.3, -0.25) is 9.10 Å². The van der Waals surface area contributed by atoms with Crippen LogP contribution in [0.5, 0.6) is 5.75 Å². The summed E-state index contributed by atoms with van der Waals surface area (Å²) in [6.45, 7) is -0.168. The van der Waals surface area contributed by atoms with Crippen LogP contribution in [0.3, 0.4) is 0 Å². The number of nitrogens with one attached hydrogen (secondary N) is 1. The van der Waals surface area contributed by atoms with E-state index in [0.717, 1.165) is 0 Å². The van der Waals surface area contributed by atoms with E-state index in [1.165, 1.54) is 28.6 Å². The summed E-state index contributed by atoms with van der Waals surface area (Å²) in [7, 11) is -3.93. The van der Waals surface area contributed by atoms with Crippen molar-refractivity contribution in [2.45, 2.75) is 11.0 Å². The van der Waals surface area contributed by atoms with Gasteiger partial charge in [0.05, 0.1) is 22.8 Å². The third-order valence-corrected chi connectivity index (χ3v) is 7.30. The van der Waals surface area contributed by atoms with Crippen molar-refractivity contribution in [3.63, 3.8) is 0 Å². The Balaban J connectivity index is 1.68. The van der Waals surface area contributed by atoms with Gasteiger partial charge in [0, 0.05) is 9.50 Å². The Kier molecular flexibility index (Phi) is 5.73. The minimum absolute atomic E-state index is 0.0774. The highest BCUT2D eigenvalue weighted by Crippen LogP contribution is 2.37. The molecule has 0 saturated carbocycles. The summed E-state index contributed by atoms with van der Waals surface area (Å²) in [5.41, 5.74) is 0.939. The highest BCUT2D eigenvalue weighted by Gasteiger charge is 2.37.